The summed E-state index contributed by atoms with van der Waals surface area (Å²) < 4.78 is 67.2. The molecule has 27 atom stereocenters. The lowest BCUT2D eigenvalue weighted by molar-refractivity contribution is -0.319. The molecule has 3 saturated heterocycles. The molecule has 0 aromatic carbocycles. The molecule has 7 rings (SSSR count). The van der Waals surface area contributed by atoms with Crippen molar-refractivity contribution in [3.63, 3.8) is 0 Å². The number of hydrogen-bond acceptors (Lipinski definition) is 20. The summed E-state index contributed by atoms with van der Waals surface area (Å²) in [6, 6.07) is -1.09. The molecule has 6 N–H and O–H groups in total. The van der Waals surface area contributed by atoms with E-state index in [1.165, 1.54) is 26.2 Å². The van der Waals surface area contributed by atoms with Crippen molar-refractivity contribution >= 4 is 35.3 Å². The number of unbranched alkanes of at least 4 members (excludes halogenated alkanes) is 1. The fraction of sp³-hybridized carbons (Fsp3) is 0.875. The summed E-state index contributed by atoms with van der Waals surface area (Å²) in [4.78, 5) is 57.9. The molecular weight excluding hydrogens is 1140 g/mol. The maximum absolute atomic E-state index is 16.2. The molecule has 492 valence electrons. The highest BCUT2D eigenvalue weighted by Crippen LogP contribution is 2.71. The van der Waals surface area contributed by atoms with Crippen molar-refractivity contribution < 1.29 is 92.1 Å². The van der Waals surface area contributed by atoms with Crippen LogP contribution in [-0.2, 0) is 57.1 Å². The smallest absolute Gasteiger partial charge is 0.338 e. The molecule has 4 aliphatic carbocycles. The van der Waals surface area contributed by atoms with E-state index in [0.29, 0.717) is 19.4 Å². The number of alkyl halides is 2. The Morgan fingerprint density at radius 3 is 2.16 bits per heavy atom. The SMILES string of the molecule is CC[C@H]1OC(=O)[C@H](C)[C@@H](OC2C[C@](C)(OC)[C@H](O)C(C)O2)[C@H](C)C(OC2OC(C)C[C@@H](N(C)C)[C@H]2OC(=O)CCCCOC(=O)[C@@]2(O)[C@H](C)CC3C4C[C@H](F)C5=CC(=O)C=C[C@]5(C)[C@@]4(Cl)[C@@H](O)C[C@@]32C)[C@](C)(O)C[C@@H](C)CN(C)[C@H](C)[C@@H](O)[C@]1(C)O. The fourth-order valence-electron chi connectivity index (χ4n) is 16.7. The molecule has 0 amide bonds. The lowest BCUT2D eigenvalue weighted by atomic mass is 9.45. The number of allylic oxidation sites excluding steroid dienone is 4. The van der Waals surface area contributed by atoms with Gasteiger partial charge in [0.15, 0.2) is 30.1 Å². The molecule has 6 fully saturated rings. The van der Waals surface area contributed by atoms with Crippen LogP contribution >= 0.6 is 11.6 Å². The lowest BCUT2D eigenvalue weighted by Gasteiger charge is -2.64. The average Bonchev–Trinajstić information content (AvgIpc) is 1.30. The molecule has 20 nitrogen and oxygen atoms in total. The van der Waals surface area contributed by atoms with E-state index in [4.69, 9.17) is 49.5 Å². The van der Waals surface area contributed by atoms with Gasteiger partial charge in [-0.25, -0.2) is 9.18 Å². The van der Waals surface area contributed by atoms with Crippen molar-refractivity contribution in [1.29, 1.82) is 0 Å². The van der Waals surface area contributed by atoms with E-state index in [1.807, 2.05) is 37.7 Å². The van der Waals surface area contributed by atoms with Crippen molar-refractivity contribution in [2.24, 2.45) is 46.3 Å². The normalized spacial score (nSPS) is 48.9. The van der Waals surface area contributed by atoms with Crippen LogP contribution in [0.2, 0.25) is 0 Å². The van der Waals surface area contributed by atoms with Gasteiger partial charge in [-0.3, -0.25) is 14.4 Å². The Kier molecular flexibility index (Phi) is 21.8. The quantitative estimate of drug-likeness (QED) is 0.0525. The Morgan fingerprint density at radius 2 is 1.53 bits per heavy atom. The van der Waals surface area contributed by atoms with Gasteiger partial charge in [-0.1, -0.05) is 47.6 Å². The number of methoxy groups -OCH3 is 1. The first-order valence-corrected chi connectivity index (χ1v) is 31.8. The summed E-state index contributed by atoms with van der Waals surface area (Å²) in [6.45, 7) is 22.6. The highest BCUT2D eigenvalue weighted by Gasteiger charge is 2.76. The van der Waals surface area contributed by atoms with Crippen LogP contribution in [-0.4, -0.2) is 219 Å². The van der Waals surface area contributed by atoms with Gasteiger partial charge in [0, 0.05) is 49.3 Å². The van der Waals surface area contributed by atoms with Gasteiger partial charge >= 0.3 is 17.9 Å². The number of esters is 3. The van der Waals surface area contributed by atoms with E-state index in [0.717, 1.165) is 0 Å². The van der Waals surface area contributed by atoms with E-state index in [1.54, 1.807) is 82.4 Å². The van der Waals surface area contributed by atoms with Crippen molar-refractivity contribution in [1.82, 2.24) is 9.80 Å². The number of nitrogens with zero attached hydrogens (tertiary/aromatic N) is 2. The van der Waals surface area contributed by atoms with Crippen molar-refractivity contribution in [3.8, 4) is 0 Å². The minimum atomic E-state index is -2.07. The number of ketones is 1. The summed E-state index contributed by atoms with van der Waals surface area (Å²) in [5.41, 5.74) is -9.04. The summed E-state index contributed by atoms with van der Waals surface area (Å²) >= 11 is 7.52. The van der Waals surface area contributed by atoms with Crippen LogP contribution in [0.15, 0.2) is 23.8 Å². The molecule has 0 spiro atoms. The number of carbonyl (C=O) groups excluding carboxylic acids is 4. The molecular formula is C64H104ClFN2O18. The molecule has 3 heterocycles. The van der Waals surface area contributed by atoms with Crippen LogP contribution < -0.4 is 0 Å². The minimum absolute atomic E-state index is 0.0456. The second-order valence-electron chi connectivity index (χ2n) is 28.5. The number of aliphatic hydroxyl groups is 6. The zero-order valence-corrected chi connectivity index (χ0v) is 54.8. The van der Waals surface area contributed by atoms with Gasteiger partial charge in [0.05, 0.1) is 65.2 Å². The topological polar surface area (TPSA) is 270 Å². The maximum atomic E-state index is 16.2. The molecule has 3 aliphatic heterocycles. The number of likely N-dealkylation sites (N-methyl/N-ethyl adjacent to an activating group) is 2. The number of halogens is 2. The third kappa shape index (κ3) is 12.9. The summed E-state index contributed by atoms with van der Waals surface area (Å²) in [5, 5.41) is 72.5. The number of hydrogen-bond donors (Lipinski definition) is 6. The summed E-state index contributed by atoms with van der Waals surface area (Å²) in [6.07, 6.45) is -7.99. The van der Waals surface area contributed by atoms with Gasteiger partial charge in [-0.2, -0.15) is 0 Å². The third-order valence-electron chi connectivity index (χ3n) is 22.0. The molecule has 3 saturated carbocycles. The van der Waals surface area contributed by atoms with Crippen molar-refractivity contribution in [2.45, 2.75) is 267 Å². The lowest BCUT2D eigenvalue weighted by Crippen LogP contribution is -2.70. The van der Waals surface area contributed by atoms with E-state index in [9.17, 15) is 49.8 Å². The van der Waals surface area contributed by atoms with Crippen LogP contribution in [0.1, 0.15) is 154 Å². The summed E-state index contributed by atoms with van der Waals surface area (Å²) in [7, 11) is 6.98. The first kappa shape index (κ1) is 70.7. The predicted molar refractivity (Wildman–Crippen MR) is 316 cm³/mol. The Hall–Kier alpha value is -2.74. The third-order valence-corrected chi connectivity index (χ3v) is 22.9. The molecule has 7 unspecified atom stereocenters. The zero-order valence-electron chi connectivity index (χ0n) is 54.0. The highest BCUT2D eigenvalue weighted by molar-refractivity contribution is 6.26. The molecule has 0 radical (unpaired) electrons. The van der Waals surface area contributed by atoms with Gasteiger partial charge < -0.3 is 78.3 Å². The first-order valence-electron chi connectivity index (χ1n) is 31.4. The zero-order chi connectivity index (χ0) is 64.4. The van der Waals surface area contributed by atoms with Crippen molar-refractivity contribution in [2.75, 3.05) is 41.4 Å². The Morgan fingerprint density at radius 1 is 0.872 bits per heavy atom. The number of rotatable bonds is 14. The summed E-state index contributed by atoms with van der Waals surface area (Å²) in [5.74, 6) is -6.73. The van der Waals surface area contributed by atoms with E-state index >= 15 is 4.39 Å². The number of ether oxygens (including phenoxy) is 8. The molecule has 0 bridgehead atoms. The van der Waals surface area contributed by atoms with Crippen molar-refractivity contribution in [3.05, 3.63) is 23.8 Å². The second-order valence-corrected chi connectivity index (χ2v) is 29.1. The minimum Gasteiger partial charge on any atom is -0.464 e. The monoisotopic (exact) mass is 1240 g/mol. The van der Waals surface area contributed by atoms with E-state index in [2.05, 4.69) is 0 Å². The standard InChI is InChI=1S/C64H104ClFN2O18/c1-18-47-62(13,77)52(72)38(7)68(16)32-33(2)29-60(11,76)54(36(5)50(37(6)55(74)83-47)85-49-31-61(12,79-17)53(73)39(8)82-49)86-56-51(45(67(14)15)26-35(4)81-56)84-48(71)21-19-20-24-80-57(75)64(78)34(3)25-41-42-28-44(66)43-27-40(69)22-23-58(43,9)63(42,65)46(70)30-59(41,64)10/h22-23,27,33-39,41-42,44-47,49-54,56,70,72-73,76-78H,18-21,24-26,28-32H2,1-17H3/t33-,34-,35?,36+,37-,38-,39?,41?,42?,44+,45-,46+,47-,49?,50+,51-,52-,53-,54?,56?,58+,59+,60-,61+,62-,63+,64+/m1/s1. The van der Waals surface area contributed by atoms with Gasteiger partial charge in [0.25, 0.3) is 0 Å². The van der Waals surface area contributed by atoms with Crippen LogP contribution in [0.4, 0.5) is 4.39 Å². The van der Waals surface area contributed by atoms with E-state index in [-0.39, 0.29) is 75.2 Å². The van der Waals surface area contributed by atoms with Gasteiger partial charge in [0.1, 0.15) is 30.1 Å². The van der Waals surface area contributed by atoms with E-state index < -0.39 is 171 Å². The molecule has 0 aromatic rings. The number of carbonyl (C=O) groups is 4. The number of aliphatic hydroxyl groups excluding tert-OH is 3. The Labute approximate surface area is 514 Å². The van der Waals surface area contributed by atoms with Crippen LogP contribution in [0.5, 0.6) is 0 Å². The molecule has 22 heteroatoms. The van der Waals surface area contributed by atoms with Crippen LogP contribution in [0, 0.1) is 46.3 Å². The van der Waals surface area contributed by atoms with Gasteiger partial charge in [-0.05, 0) is 162 Å². The average molecular weight is 1240 g/mol. The molecule has 7 aliphatic rings. The van der Waals surface area contributed by atoms with Crippen LogP contribution in [0.3, 0.4) is 0 Å². The molecule has 86 heavy (non-hydrogen) atoms. The number of fused-ring (bicyclic) bond motifs is 5. The fourth-order valence-corrected chi connectivity index (χ4v) is 17.2. The predicted octanol–water partition coefficient (Wildman–Crippen LogP) is 5.73. The first-order chi connectivity index (χ1) is 39.8. The second kappa shape index (κ2) is 26.5. The van der Waals surface area contributed by atoms with Gasteiger partial charge in [0.2, 0.25) is 0 Å². The molecule has 0 aromatic heterocycles. The van der Waals surface area contributed by atoms with Crippen LogP contribution in [0.25, 0.3) is 0 Å². The van der Waals surface area contributed by atoms with Gasteiger partial charge in [-0.15, -0.1) is 11.6 Å². The highest BCUT2D eigenvalue weighted by atomic mass is 35.5. The Bertz CT molecular complexity index is 2490. The maximum Gasteiger partial charge on any atom is 0.338 e. The number of cyclic esters (lactones) is 1. The Balaban J connectivity index is 1.10. The largest absolute Gasteiger partial charge is 0.464 e.